The second-order valence-corrected chi connectivity index (χ2v) is 5.51. The number of likely N-dealkylation sites (N-methyl/N-ethyl adjacent to an activating group) is 1. The molecule has 1 amide bonds. The summed E-state index contributed by atoms with van der Waals surface area (Å²) < 4.78 is 0. The van der Waals surface area contributed by atoms with Gasteiger partial charge in [-0.2, -0.15) is 0 Å². The highest BCUT2D eigenvalue weighted by atomic mass is 16.2. The van der Waals surface area contributed by atoms with Crippen LogP contribution in [0.4, 0.5) is 5.69 Å². The van der Waals surface area contributed by atoms with Gasteiger partial charge in [0.25, 0.3) is 0 Å². The fourth-order valence-corrected chi connectivity index (χ4v) is 2.78. The van der Waals surface area contributed by atoms with Gasteiger partial charge in [0.15, 0.2) is 0 Å². The molecule has 0 spiro atoms. The quantitative estimate of drug-likeness (QED) is 0.614. The fraction of sp³-hybridized carbons (Fsp3) is 0.500. The van der Waals surface area contributed by atoms with Gasteiger partial charge in [-0.3, -0.25) is 4.79 Å². The Bertz CT molecular complexity index is 467. The normalized spacial score (nSPS) is 14.6. The summed E-state index contributed by atoms with van der Waals surface area (Å²) in [5, 5.41) is 3.28. The second-order valence-electron chi connectivity index (χ2n) is 5.51. The van der Waals surface area contributed by atoms with E-state index in [4.69, 9.17) is 0 Å². The number of nitrogens with zero attached hydrogens (tertiary/aromatic N) is 1. The van der Waals surface area contributed by atoms with Gasteiger partial charge in [-0.15, -0.1) is 0 Å². The number of anilines is 1. The molecule has 0 aliphatic heterocycles. The summed E-state index contributed by atoms with van der Waals surface area (Å²) in [5.41, 5.74) is 2.53. The van der Waals surface area contributed by atoms with E-state index >= 15 is 0 Å². The van der Waals surface area contributed by atoms with Crippen LogP contribution in [0.25, 0.3) is 0 Å². The van der Waals surface area contributed by atoms with Crippen LogP contribution in [0.1, 0.15) is 39.0 Å². The zero-order chi connectivity index (χ0) is 14.9. The number of carbonyl (C=O) groups is 1. The molecular formula is C18H26N2O. The monoisotopic (exact) mass is 286 g/mol. The molecular weight excluding hydrogens is 260 g/mol. The van der Waals surface area contributed by atoms with Crippen LogP contribution in [-0.4, -0.2) is 25.5 Å². The molecule has 3 heteroatoms. The third-order valence-electron chi connectivity index (χ3n) is 3.97. The molecule has 1 aromatic rings. The Morgan fingerprint density at radius 1 is 1.24 bits per heavy atom. The van der Waals surface area contributed by atoms with Crippen LogP contribution in [0.15, 0.2) is 42.0 Å². The lowest BCUT2D eigenvalue weighted by molar-refractivity contribution is -0.117. The van der Waals surface area contributed by atoms with E-state index in [2.05, 4.69) is 11.4 Å². The number of carbonyl (C=O) groups excluding carboxylic acids is 1. The Kier molecular flexibility index (Phi) is 6.48. The lowest BCUT2D eigenvalue weighted by Crippen LogP contribution is -2.38. The molecule has 0 fully saturated rings. The number of hydrogen-bond acceptors (Lipinski definition) is 2. The molecule has 0 saturated carbocycles. The van der Waals surface area contributed by atoms with Crippen LogP contribution >= 0.6 is 0 Å². The van der Waals surface area contributed by atoms with E-state index in [-0.39, 0.29) is 5.91 Å². The highest BCUT2D eigenvalue weighted by Crippen LogP contribution is 2.19. The van der Waals surface area contributed by atoms with Gasteiger partial charge in [0, 0.05) is 12.2 Å². The SMILES string of the molecule is CCN(C(=O)CNCCC1=CCCCC1)c1ccccc1. The molecule has 21 heavy (non-hydrogen) atoms. The number of allylic oxidation sites excluding steroid dienone is 1. The van der Waals surface area contributed by atoms with Crippen molar-refractivity contribution in [2.24, 2.45) is 0 Å². The summed E-state index contributed by atoms with van der Waals surface area (Å²) in [6.45, 7) is 4.02. The van der Waals surface area contributed by atoms with Gasteiger partial charge < -0.3 is 10.2 Å². The number of amides is 1. The largest absolute Gasteiger partial charge is 0.312 e. The molecule has 3 nitrogen and oxygen atoms in total. The first kappa shape index (κ1) is 15.8. The Morgan fingerprint density at radius 2 is 2.05 bits per heavy atom. The molecule has 1 N–H and O–H groups in total. The van der Waals surface area contributed by atoms with Crippen molar-refractivity contribution in [3.05, 3.63) is 42.0 Å². The average molecular weight is 286 g/mol. The molecule has 1 aliphatic rings. The number of benzene rings is 1. The van der Waals surface area contributed by atoms with Gasteiger partial charge in [0.1, 0.15) is 0 Å². The van der Waals surface area contributed by atoms with Crippen LogP contribution < -0.4 is 10.2 Å². The van der Waals surface area contributed by atoms with E-state index < -0.39 is 0 Å². The first-order chi connectivity index (χ1) is 10.3. The first-order valence-electron chi connectivity index (χ1n) is 8.05. The summed E-state index contributed by atoms with van der Waals surface area (Å²) >= 11 is 0. The predicted molar refractivity (Wildman–Crippen MR) is 88.5 cm³/mol. The van der Waals surface area contributed by atoms with Crippen molar-refractivity contribution in [1.29, 1.82) is 0 Å². The standard InChI is InChI=1S/C18H26N2O/c1-2-20(17-11-7-4-8-12-17)18(21)15-19-14-13-16-9-5-3-6-10-16/h4,7-9,11-12,19H,2-3,5-6,10,13-15H2,1H3. The maximum atomic E-state index is 12.3. The Balaban J connectivity index is 1.74. The minimum atomic E-state index is 0.140. The number of hydrogen-bond donors (Lipinski definition) is 1. The smallest absolute Gasteiger partial charge is 0.240 e. The van der Waals surface area contributed by atoms with Crippen LogP contribution in [0, 0.1) is 0 Å². The Labute approximate surface area is 128 Å². The molecule has 0 radical (unpaired) electrons. The molecule has 0 heterocycles. The lowest BCUT2D eigenvalue weighted by atomic mass is 9.97. The summed E-state index contributed by atoms with van der Waals surface area (Å²) in [6.07, 6.45) is 8.56. The second kappa shape index (κ2) is 8.63. The Morgan fingerprint density at radius 3 is 2.71 bits per heavy atom. The lowest BCUT2D eigenvalue weighted by Gasteiger charge is -2.21. The topological polar surface area (TPSA) is 32.3 Å². The van der Waals surface area contributed by atoms with Crippen molar-refractivity contribution in [1.82, 2.24) is 5.32 Å². The summed E-state index contributed by atoms with van der Waals surface area (Å²) in [6, 6.07) is 9.86. The van der Waals surface area contributed by atoms with E-state index in [1.807, 2.05) is 42.2 Å². The Hall–Kier alpha value is -1.61. The summed E-state index contributed by atoms with van der Waals surface area (Å²) in [4.78, 5) is 14.1. The van der Waals surface area contributed by atoms with E-state index in [1.165, 1.54) is 25.7 Å². The van der Waals surface area contributed by atoms with Gasteiger partial charge in [-0.25, -0.2) is 0 Å². The zero-order valence-electron chi connectivity index (χ0n) is 13.0. The summed E-state index contributed by atoms with van der Waals surface area (Å²) in [7, 11) is 0. The molecule has 0 saturated heterocycles. The molecule has 1 aliphatic carbocycles. The maximum absolute atomic E-state index is 12.3. The molecule has 0 atom stereocenters. The van der Waals surface area contributed by atoms with Crippen LogP contribution in [0.5, 0.6) is 0 Å². The van der Waals surface area contributed by atoms with E-state index in [0.29, 0.717) is 13.1 Å². The molecule has 0 unspecified atom stereocenters. The minimum Gasteiger partial charge on any atom is -0.312 e. The van der Waals surface area contributed by atoms with E-state index in [9.17, 15) is 4.79 Å². The highest BCUT2D eigenvalue weighted by molar-refractivity contribution is 5.94. The molecule has 114 valence electrons. The average Bonchev–Trinajstić information content (AvgIpc) is 2.54. The van der Waals surface area contributed by atoms with Gasteiger partial charge in [-0.05, 0) is 57.7 Å². The molecule has 1 aromatic carbocycles. The fourth-order valence-electron chi connectivity index (χ4n) is 2.78. The van der Waals surface area contributed by atoms with E-state index in [1.54, 1.807) is 5.57 Å². The van der Waals surface area contributed by atoms with Gasteiger partial charge in [0.05, 0.1) is 6.54 Å². The van der Waals surface area contributed by atoms with Crippen molar-refractivity contribution in [3.63, 3.8) is 0 Å². The highest BCUT2D eigenvalue weighted by Gasteiger charge is 2.12. The number of nitrogens with one attached hydrogen (secondary N) is 1. The van der Waals surface area contributed by atoms with Gasteiger partial charge >= 0.3 is 0 Å². The van der Waals surface area contributed by atoms with Crippen LogP contribution in [0.3, 0.4) is 0 Å². The van der Waals surface area contributed by atoms with Crippen LogP contribution in [0.2, 0.25) is 0 Å². The molecule has 0 aromatic heterocycles. The van der Waals surface area contributed by atoms with Gasteiger partial charge in [0.2, 0.25) is 5.91 Å². The first-order valence-corrected chi connectivity index (χ1v) is 8.05. The number of rotatable bonds is 7. The molecule has 2 rings (SSSR count). The van der Waals surface area contributed by atoms with E-state index in [0.717, 1.165) is 18.7 Å². The number of para-hydroxylation sites is 1. The maximum Gasteiger partial charge on any atom is 0.240 e. The third kappa shape index (κ3) is 5.01. The van der Waals surface area contributed by atoms with Crippen molar-refractivity contribution in [2.45, 2.75) is 39.0 Å². The van der Waals surface area contributed by atoms with Crippen molar-refractivity contribution < 1.29 is 4.79 Å². The van der Waals surface area contributed by atoms with Crippen molar-refractivity contribution >= 4 is 11.6 Å². The van der Waals surface area contributed by atoms with Crippen molar-refractivity contribution in [3.8, 4) is 0 Å². The van der Waals surface area contributed by atoms with Crippen molar-refractivity contribution in [2.75, 3.05) is 24.5 Å². The van der Waals surface area contributed by atoms with Gasteiger partial charge in [-0.1, -0.05) is 29.8 Å². The van der Waals surface area contributed by atoms with Crippen LogP contribution in [-0.2, 0) is 4.79 Å². The summed E-state index contributed by atoms with van der Waals surface area (Å²) in [5.74, 6) is 0.140. The third-order valence-corrected chi connectivity index (χ3v) is 3.97. The molecule has 0 bridgehead atoms. The minimum absolute atomic E-state index is 0.140. The predicted octanol–water partition coefficient (Wildman–Crippen LogP) is 3.52. The zero-order valence-corrected chi connectivity index (χ0v) is 13.0.